The van der Waals surface area contributed by atoms with Crippen LogP contribution in [-0.4, -0.2) is 37.2 Å². The minimum absolute atomic E-state index is 0.0621. The summed E-state index contributed by atoms with van der Waals surface area (Å²) < 4.78 is 16.8. The summed E-state index contributed by atoms with van der Waals surface area (Å²) >= 11 is 0. The zero-order valence-corrected chi connectivity index (χ0v) is 43.0. The maximum atomic E-state index is 12.8. The highest BCUT2D eigenvalue weighted by molar-refractivity contribution is 5.71. The first kappa shape index (κ1) is 61.4. The lowest BCUT2D eigenvalue weighted by Gasteiger charge is -2.18. The van der Waals surface area contributed by atoms with Gasteiger partial charge in [-0.1, -0.05) is 285 Å². The number of ether oxygens (including phenoxy) is 3. The van der Waals surface area contributed by atoms with Crippen molar-refractivity contribution in [3.63, 3.8) is 0 Å². The van der Waals surface area contributed by atoms with Crippen LogP contribution in [0.1, 0.15) is 323 Å². The summed E-state index contributed by atoms with van der Waals surface area (Å²) in [6, 6.07) is 0. The maximum absolute atomic E-state index is 12.8. The van der Waals surface area contributed by atoms with Crippen molar-refractivity contribution in [2.45, 2.75) is 329 Å². The third-order valence-corrected chi connectivity index (χ3v) is 13.4. The molecule has 0 aromatic carbocycles. The molecule has 0 saturated carbocycles. The van der Waals surface area contributed by atoms with Gasteiger partial charge >= 0.3 is 17.9 Å². The van der Waals surface area contributed by atoms with Gasteiger partial charge in [-0.2, -0.15) is 0 Å². The molecule has 0 aromatic heterocycles. The molecule has 0 radical (unpaired) electrons. The van der Waals surface area contributed by atoms with Crippen molar-refractivity contribution >= 4 is 17.9 Å². The van der Waals surface area contributed by atoms with Gasteiger partial charge in [0.1, 0.15) is 13.2 Å². The Morgan fingerprint density at radius 1 is 0.317 bits per heavy atom. The van der Waals surface area contributed by atoms with E-state index < -0.39 is 6.10 Å². The maximum Gasteiger partial charge on any atom is 0.306 e. The van der Waals surface area contributed by atoms with Gasteiger partial charge < -0.3 is 14.2 Å². The molecule has 0 N–H and O–H groups in total. The summed E-state index contributed by atoms with van der Waals surface area (Å²) in [5.74, 6) is 0.0702. The molecule has 0 aliphatic rings. The van der Waals surface area contributed by atoms with Crippen LogP contribution in [0.2, 0.25) is 0 Å². The van der Waals surface area contributed by atoms with Crippen LogP contribution in [0.15, 0.2) is 0 Å². The molecule has 0 heterocycles. The molecular weight excluding hydrogens is 781 g/mol. The summed E-state index contributed by atoms with van der Waals surface area (Å²) in [7, 11) is 0. The van der Waals surface area contributed by atoms with E-state index in [2.05, 4.69) is 27.7 Å². The number of rotatable bonds is 52. The van der Waals surface area contributed by atoms with E-state index in [0.29, 0.717) is 19.3 Å². The number of unbranched alkanes of at least 4 members (excludes halogenated alkanes) is 38. The number of carbonyl (C=O) groups is 3. The fraction of sp³-hybridized carbons (Fsp3) is 0.947. The minimum Gasteiger partial charge on any atom is -0.462 e. The molecule has 0 saturated heterocycles. The Bertz CT molecular complexity index is 951. The molecule has 0 aliphatic carbocycles. The van der Waals surface area contributed by atoms with E-state index in [1.807, 2.05) is 0 Å². The van der Waals surface area contributed by atoms with E-state index in [1.165, 1.54) is 218 Å². The molecule has 374 valence electrons. The second-order valence-electron chi connectivity index (χ2n) is 19.8. The van der Waals surface area contributed by atoms with Gasteiger partial charge in [0.15, 0.2) is 6.10 Å². The molecule has 0 fully saturated rings. The number of esters is 3. The van der Waals surface area contributed by atoms with Crippen molar-refractivity contribution in [1.82, 2.24) is 0 Å². The minimum atomic E-state index is -0.760. The van der Waals surface area contributed by atoms with Gasteiger partial charge in [0, 0.05) is 19.3 Å². The smallest absolute Gasteiger partial charge is 0.306 e. The summed E-state index contributed by atoms with van der Waals surface area (Å²) in [5.41, 5.74) is 0. The second kappa shape index (κ2) is 51.4. The molecule has 0 aromatic rings. The molecule has 0 aliphatic heterocycles. The Kier molecular flexibility index (Phi) is 50.1. The van der Waals surface area contributed by atoms with Crippen LogP contribution in [-0.2, 0) is 28.6 Å². The van der Waals surface area contributed by atoms with E-state index >= 15 is 0 Å². The molecule has 0 rings (SSSR count). The van der Waals surface area contributed by atoms with Crippen molar-refractivity contribution in [2.24, 2.45) is 5.92 Å². The van der Waals surface area contributed by atoms with E-state index in [9.17, 15) is 14.4 Å². The van der Waals surface area contributed by atoms with Gasteiger partial charge in [-0.3, -0.25) is 14.4 Å². The molecule has 2 atom stereocenters. The van der Waals surface area contributed by atoms with Crippen LogP contribution >= 0.6 is 0 Å². The number of carbonyl (C=O) groups excluding carboxylic acids is 3. The fourth-order valence-corrected chi connectivity index (χ4v) is 8.72. The van der Waals surface area contributed by atoms with E-state index in [1.54, 1.807) is 0 Å². The van der Waals surface area contributed by atoms with Gasteiger partial charge in [-0.15, -0.1) is 0 Å². The Labute approximate surface area is 393 Å². The van der Waals surface area contributed by atoms with E-state index in [4.69, 9.17) is 14.2 Å². The fourth-order valence-electron chi connectivity index (χ4n) is 8.72. The Balaban J connectivity index is 4.21. The summed E-state index contributed by atoms with van der Waals surface area (Å²) in [5, 5.41) is 0. The zero-order valence-electron chi connectivity index (χ0n) is 43.0. The van der Waals surface area contributed by atoms with Crippen molar-refractivity contribution in [3.8, 4) is 0 Å². The Morgan fingerprint density at radius 2 is 0.556 bits per heavy atom. The van der Waals surface area contributed by atoms with Crippen LogP contribution < -0.4 is 0 Å². The molecular formula is C57H110O6. The standard InChI is InChI=1S/C57H110O6/c1-5-8-10-12-14-16-18-29-33-37-41-45-49-56(59)62-52-54(51-61-55(58)48-44-40-36-32-27-17-15-13-11-9-6-2)63-57(60)50-46-42-38-34-30-26-24-22-20-19-21-23-25-28-31-35-39-43-47-53(4)7-3/h53-54H,5-52H2,1-4H3/t53?,54-/m0/s1. The quantitative estimate of drug-likeness (QED) is 0.0344. The first-order chi connectivity index (χ1) is 30.9. The monoisotopic (exact) mass is 891 g/mol. The lowest BCUT2D eigenvalue weighted by Crippen LogP contribution is -2.30. The highest BCUT2D eigenvalue weighted by Crippen LogP contribution is 2.18. The number of hydrogen-bond donors (Lipinski definition) is 0. The predicted molar refractivity (Wildman–Crippen MR) is 270 cm³/mol. The molecule has 6 nitrogen and oxygen atoms in total. The lowest BCUT2D eigenvalue weighted by atomic mass is 9.99. The molecule has 0 bridgehead atoms. The summed E-state index contributed by atoms with van der Waals surface area (Å²) in [6.07, 6.45) is 55.2. The Morgan fingerprint density at radius 3 is 0.825 bits per heavy atom. The van der Waals surface area contributed by atoms with Crippen LogP contribution in [0.3, 0.4) is 0 Å². The van der Waals surface area contributed by atoms with E-state index in [-0.39, 0.29) is 31.1 Å². The van der Waals surface area contributed by atoms with Crippen LogP contribution in [0.5, 0.6) is 0 Å². The normalized spacial score (nSPS) is 12.4. The predicted octanol–water partition coefficient (Wildman–Crippen LogP) is 18.6. The van der Waals surface area contributed by atoms with Crippen molar-refractivity contribution in [3.05, 3.63) is 0 Å². The third-order valence-electron chi connectivity index (χ3n) is 13.4. The summed E-state index contributed by atoms with van der Waals surface area (Å²) in [6.45, 7) is 9.09. The summed E-state index contributed by atoms with van der Waals surface area (Å²) in [4.78, 5) is 38.0. The highest BCUT2D eigenvalue weighted by atomic mass is 16.6. The van der Waals surface area contributed by atoms with Gasteiger partial charge in [-0.25, -0.2) is 0 Å². The lowest BCUT2D eigenvalue weighted by molar-refractivity contribution is -0.167. The molecule has 0 amide bonds. The topological polar surface area (TPSA) is 78.9 Å². The van der Waals surface area contributed by atoms with E-state index in [0.717, 1.165) is 63.7 Å². The average Bonchev–Trinajstić information content (AvgIpc) is 3.28. The first-order valence-corrected chi connectivity index (χ1v) is 28.4. The SMILES string of the molecule is CCCCCCCCCCCCCCC(=O)OC[C@H](COC(=O)CCCCCCCCCCCCC)OC(=O)CCCCCCCCCCCCCCCCCCCCC(C)CC. The average molecular weight is 892 g/mol. The third kappa shape index (κ3) is 49.7. The Hall–Kier alpha value is -1.59. The van der Waals surface area contributed by atoms with Gasteiger partial charge in [0.05, 0.1) is 0 Å². The second-order valence-corrected chi connectivity index (χ2v) is 19.8. The van der Waals surface area contributed by atoms with Gasteiger partial charge in [0.25, 0.3) is 0 Å². The van der Waals surface area contributed by atoms with Gasteiger partial charge in [-0.05, 0) is 25.2 Å². The van der Waals surface area contributed by atoms with Crippen molar-refractivity contribution in [1.29, 1.82) is 0 Å². The first-order valence-electron chi connectivity index (χ1n) is 28.4. The van der Waals surface area contributed by atoms with Crippen LogP contribution in [0.25, 0.3) is 0 Å². The molecule has 6 heteroatoms. The van der Waals surface area contributed by atoms with Crippen LogP contribution in [0.4, 0.5) is 0 Å². The number of hydrogen-bond acceptors (Lipinski definition) is 6. The molecule has 1 unspecified atom stereocenters. The highest BCUT2D eigenvalue weighted by Gasteiger charge is 2.19. The largest absolute Gasteiger partial charge is 0.462 e. The van der Waals surface area contributed by atoms with Crippen molar-refractivity contribution < 1.29 is 28.6 Å². The van der Waals surface area contributed by atoms with Crippen molar-refractivity contribution in [2.75, 3.05) is 13.2 Å². The molecule has 63 heavy (non-hydrogen) atoms. The molecule has 0 spiro atoms. The van der Waals surface area contributed by atoms with Crippen LogP contribution in [0, 0.1) is 5.92 Å². The zero-order chi connectivity index (χ0) is 45.9. The van der Waals surface area contributed by atoms with Gasteiger partial charge in [0.2, 0.25) is 0 Å².